The molecule has 0 aromatic carbocycles. The fraction of sp³-hybridized carbons (Fsp3) is 0.143. The van der Waals surface area contributed by atoms with E-state index in [-0.39, 0.29) is 5.76 Å². The van der Waals surface area contributed by atoms with Crippen LogP contribution in [-0.4, -0.2) is 7.11 Å². The zero-order chi connectivity index (χ0) is 7.28. The number of hydrogen-bond donors (Lipinski definition) is 0. The molecule has 0 amide bonds. The van der Waals surface area contributed by atoms with Crippen molar-refractivity contribution in [1.82, 2.24) is 0 Å². The molecule has 9 heavy (non-hydrogen) atoms. The highest BCUT2D eigenvalue weighted by Crippen LogP contribution is 2.02. The molecule has 0 aliphatic carbocycles. The first-order chi connectivity index (χ1) is 4.20. The molecule has 0 radical (unpaired) electrons. The maximum Gasteiger partial charge on any atom is 0.126 e. The topological polar surface area (TPSA) is 9.23 Å². The maximum atomic E-state index is 12.2. The summed E-state index contributed by atoms with van der Waals surface area (Å²) in [6.45, 7) is 6.58. The molecule has 1 nitrogen and oxygen atoms in total. The standard InChI is InChI=1S/C7H9FO/c1-4-7(8)5-6(2)9-3/h4-5H,1-2H2,3H3/b7-5+. The van der Waals surface area contributed by atoms with Crippen molar-refractivity contribution < 1.29 is 9.13 Å². The molecule has 0 fully saturated rings. The van der Waals surface area contributed by atoms with Gasteiger partial charge in [0.05, 0.1) is 7.11 Å². The van der Waals surface area contributed by atoms with Gasteiger partial charge in [0.15, 0.2) is 0 Å². The maximum absolute atomic E-state index is 12.2. The molecule has 0 saturated heterocycles. The Kier molecular flexibility index (Phi) is 3.44. The summed E-state index contributed by atoms with van der Waals surface area (Å²) < 4.78 is 16.7. The summed E-state index contributed by atoms with van der Waals surface area (Å²) in [5.74, 6) is -0.158. The lowest BCUT2D eigenvalue weighted by molar-refractivity contribution is 0.307. The van der Waals surface area contributed by atoms with E-state index in [1.54, 1.807) is 0 Å². The van der Waals surface area contributed by atoms with Gasteiger partial charge in [0.1, 0.15) is 11.6 Å². The number of rotatable bonds is 3. The van der Waals surface area contributed by atoms with E-state index in [9.17, 15) is 4.39 Å². The Labute approximate surface area is 54.1 Å². The molecular weight excluding hydrogens is 119 g/mol. The minimum Gasteiger partial charge on any atom is -0.497 e. The third kappa shape index (κ3) is 3.53. The first-order valence-corrected chi connectivity index (χ1v) is 2.43. The molecule has 0 aromatic rings. The van der Waals surface area contributed by atoms with Crippen LogP contribution in [0.5, 0.6) is 0 Å². The van der Waals surface area contributed by atoms with Crippen molar-refractivity contribution in [2.75, 3.05) is 7.11 Å². The lowest BCUT2D eigenvalue weighted by Crippen LogP contribution is -1.77. The van der Waals surface area contributed by atoms with Gasteiger partial charge >= 0.3 is 0 Å². The van der Waals surface area contributed by atoms with E-state index in [0.29, 0.717) is 0 Å². The molecular formula is C7H9FO. The average molecular weight is 128 g/mol. The van der Waals surface area contributed by atoms with Gasteiger partial charge in [-0.1, -0.05) is 13.2 Å². The molecule has 0 unspecified atom stereocenters. The van der Waals surface area contributed by atoms with E-state index in [2.05, 4.69) is 17.9 Å². The van der Waals surface area contributed by atoms with Crippen molar-refractivity contribution in [1.29, 1.82) is 0 Å². The van der Waals surface area contributed by atoms with Crippen LogP contribution in [0, 0.1) is 0 Å². The van der Waals surface area contributed by atoms with Crippen molar-refractivity contribution >= 4 is 0 Å². The Morgan fingerprint density at radius 3 is 2.56 bits per heavy atom. The van der Waals surface area contributed by atoms with Crippen LogP contribution in [-0.2, 0) is 4.74 Å². The van der Waals surface area contributed by atoms with Crippen LogP contribution in [0.4, 0.5) is 4.39 Å². The summed E-state index contributed by atoms with van der Waals surface area (Å²) in [5.41, 5.74) is 0. The third-order valence-corrected chi connectivity index (χ3v) is 0.756. The van der Waals surface area contributed by atoms with Gasteiger partial charge in [-0.3, -0.25) is 0 Å². The second-order valence-corrected chi connectivity index (χ2v) is 1.40. The molecule has 0 aliphatic rings. The lowest BCUT2D eigenvalue weighted by atomic mass is 10.4. The highest BCUT2D eigenvalue weighted by molar-refractivity contribution is 5.18. The largest absolute Gasteiger partial charge is 0.497 e. The van der Waals surface area contributed by atoms with Gasteiger partial charge in [-0.15, -0.1) is 0 Å². The first kappa shape index (κ1) is 7.95. The Morgan fingerprint density at radius 1 is 1.67 bits per heavy atom. The van der Waals surface area contributed by atoms with Crippen LogP contribution < -0.4 is 0 Å². The summed E-state index contributed by atoms with van der Waals surface area (Å²) in [6, 6.07) is 0. The number of ether oxygens (including phenoxy) is 1. The van der Waals surface area contributed by atoms with Crippen molar-refractivity contribution in [3.8, 4) is 0 Å². The molecule has 0 atom stereocenters. The van der Waals surface area contributed by atoms with Gasteiger partial charge in [-0.25, -0.2) is 4.39 Å². The summed E-state index contributed by atoms with van der Waals surface area (Å²) in [7, 11) is 1.43. The fourth-order valence-electron chi connectivity index (χ4n) is 0.272. The molecule has 0 spiro atoms. The first-order valence-electron chi connectivity index (χ1n) is 2.43. The Bertz CT molecular complexity index is 147. The predicted molar refractivity (Wildman–Crippen MR) is 35.5 cm³/mol. The fourth-order valence-corrected chi connectivity index (χ4v) is 0.272. The minimum atomic E-state index is -0.443. The van der Waals surface area contributed by atoms with E-state index in [1.807, 2.05) is 0 Å². The molecule has 0 N–H and O–H groups in total. The van der Waals surface area contributed by atoms with Gasteiger partial charge in [-0.2, -0.15) is 0 Å². The highest BCUT2D eigenvalue weighted by atomic mass is 19.1. The normalized spacial score (nSPS) is 10.7. The summed E-state index contributed by atoms with van der Waals surface area (Å²) in [6.07, 6.45) is 2.25. The number of methoxy groups -OCH3 is 1. The van der Waals surface area contributed by atoms with E-state index in [0.717, 1.165) is 12.2 Å². The van der Waals surface area contributed by atoms with Crippen LogP contribution in [0.15, 0.2) is 36.9 Å². The summed E-state index contributed by atoms with van der Waals surface area (Å²) >= 11 is 0. The molecule has 0 saturated carbocycles. The number of halogens is 1. The van der Waals surface area contributed by atoms with Crippen LogP contribution in [0.1, 0.15) is 0 Å². The third-order valence-electron chi connectivity index (χ3n) is 0.756. The predicted octanol–water partition coefficient (Wildman–Crippen LogP) is 2.19. The van der Waals surface area contributed by atoms with E-state index in [1.165, 1.54) is 7.11 Å². The minimum absolute atomic E-state index is 0.285. The quantitative estimate of drug-likeness (QED) is 0.418. The smallest absolute Gasteiger partial charge is 0.126 e. The summed E-state index contributed by atoms with van der Waals surface area (Å²) in [5, 5.41) is 0. The Morgan fingerprint density at radius 2 is 2.22 bits per heavy atom. The van der Waals surface area contributed by atoms with Crippen LogP contribution in [0.25, 0.3) is 0 Å². The SMILES string of the molecule is C=C/C(F)=C\C(=C)OC. The second kappa shape index (κ2) is 3.89. The van der Waals surface area contributed by atoms with Crippen molar-refractivity contribution in [3.63, 3.8) is 0 Å². The summed E-state index contributed by atoms with van der Waals surface area (Å²) in [4.78, 5) is 0. The zero-order valence-corrected chi connectivity index (χ0v) is 5.36. The molecule has 0 heterocycles. The zero-order valence-electron chi connectivity index (χ0n) is 5.36. The van der Waals surface area contributed by atoms with Gasteiger partial charge < -0.3 is 4.74 Å². The van der Waals surface area contributed by atoms with E-state index >= 15 is 0 Å². The monoisotopic (exact) mass is 128 g/mol. The Hall–Kier alpha value is -1.05. The van der Waals surface area contributed by atoms with E-state index in [4.69, 9.17) is 0 Å². The van der Waals surface area contributed by atoms with Crippen molar-refractivity contribution in [3.05, 3.63) is 36.9 Å². The molecule has 0 aromatic heterocycles. The molecule has 50 valence electrons. The molecule has 0 bridgehead atoms. The van der Waals surface area contributed by atoms with Gasteiger partial charge in [0.25, 0.3) is 0 Å². The van der Waals surface area contributed by atoms with Crippen LogP contribution >= 0.6 is 0 Å². The molecule has 2 heteroatoms. The highest BCUT2D eigenvalue weighted by Gasteiger charge is 1.87. The van der Waals surface area contributed by atoms with E-state index < -0.39 is 5.83 Å². The van der Waals surface area contributed by atoms with Gasteiger partial charge in [0.2, 0.25) is 0 Å². The Balaban J connectivity index is 3.94. The van der Waals surface area contributed by atoms with Crippen LogP contribution in [0.2, 0.25) is 0 Å². The van der Waals surface area contributed by atoms with Gasteiger partial charge in [-0.05, 0) is 6.08 Å². The average Bonchev–Trinajstić information content (AvgIpc) is 1.87. The van der Waals surface area contributed by atoms with Crippen molar-refractivity contribution in [2.24, 2.45) is 0 Å². The molecule has 0 aliphatic heterocycles. The second-order valence-electron chi connectivity index (χ2n) is 1.40. The van der Waals surface area contributed by atoms with Crippen molar-refractivity contribution in [2.45, 2.75) is 0 Å². The van der Waals surface area contributed by atoms with Crippen LogP contribution in [0.3, 0.4) is 0 Å². The number of hydrogen-bond acceptors (Lipinski definition) is 1. The number of allylic oxidation sites excluding steroid dienone is 3. The molecule has 0 rings (SSSR count). The van der Waals surface area contributed by atoms with Gasteiger partial charge in [0, 0.05) is 6.08 Å². The lowest BCUT2D eigenvalue weighted by Gasteiger charge is -1.94.